The van der Waals surface area contributed by atoms with Gasteiger partial charge in [-0.25, -0.2) is 32.2 Å². The summed E-state index contributed by atoms with van der Waals surface area (Å²) in [6, 6.07) is 10.1. The van der Waals surface area contributed by atoms with Crippen LogP contribution < -0.4 is 10.0 Å². The first-order valence-electron chi connectivity index (χ1n) is 8.56. The number of anilines is 3. The maximum atomic E-state index is 13.8. The minimum absolute atomic E-state index is 0.186. The third-order valence-corrected chi connectivity index (χ3v) is 5.41. The molecule has 2 N–H and O–H groups in total. The van der Waals surface area contributed by atoms with E-state index in [1.165, 1.54) is 18.5 Å². The van der Waals surface area contributed by atoms with Gasteiger partial charge in [0, 0.05) is 29.8 Å². The monoisotopic (exact) mass is 428 g/mol. The van der Waals surface area contributed by atoms with Gasteiger partial charge in [-0.2, -0.15) is 0 Å². The Kier molecular flexibility index (Phi) is 5.11. The van der Waals surface area contributed by atoms with Crippen LogP contribution in [0, 0.1) is 11.6 Å². The van der Waals surface area contributed by atoms with Gasteiger partial charge in [-0.1, -0.05) is 0 Å². The van der Waals surface area contributed by atoms with E-state index < -0.39 is 26.6 Å². The number of sulfonamides is 1. The van der Waals surface area contributed by atoms with Crippen LogP contribution in [0.2, 0.25) is 0 Å². The molecule has 11 heteroatoms. The van der Waals surface area contributed by atoms with Crippen LogP contribution in [0.4, 0.5) is 26.0 Å². The summed E-state index contributed by atoms with van der Waals surface area (Å²) in [5.74, 6) is -0.758. The standard InChI is InChI=1S/C19H14F2N6O2S/c20-13-1-6-16(21)17(9-13)30(28,29)26-15-4-2-14(3-5-15)25-18-10-19(24-11-23-18)27-8-7-22-12-27/h1-12,26H,(H,23,24,25). The lowest BCUT2D eigenvalue weighted by Gasteiger charge is -2.11. The number of aromatic nitrogens is 4. The number of imidazole rings is 1. The first kappa shape index (κ1) is 19.5. The Labute approximate surface area is 170 Å². The average Bonchev–Trinajstić information content (AvgIpc) is 3.26. The second kappa shape index (κ2) is 7.87. The largest absolute Gasteiger partial charge is 0.340 e. The molecule has 0 atom stereocenters. The van der Waals surface area contributed by atoms with E-state index in [4.69, 9.17) is 0 Å². The highest BCUT2D eigenvalue weighted by Gasteiger charge is 2.20. The van der Waals surface area contributed by atoms with Gasteiger partial charge in [-0.3, -0.25) is 9.29 Å². The van der Waals surface area contributed by atoms with Gasteiger partial charge < -0.3 is 5.32 Å². The van der Waals surface area contributed by atoms with Gasteiger partial charge in [0.25, 0.3) is 10.0 Å². The number of benzene rings is 2. The van der Waals surface area contributed by atoms with Crippen molar-refractivity contribution in [1.29, 1.82) is 0 Å². The predicted molar refractivity (Wildman–Crippen MR) is 106 cm³/mol. The number of nitrogens with one attached hydrogen (secondary N) is 2. The summed E-state index contributed by atoms with van der Waals surface area (Å²) in [6.07, 6.45) is 6.38. The number of hydrogen-bond donors (Lipinski definition) is 2. The van der Waals surface area contributed by atoms with Crippen molar-refractivity contribution in [2.75, 3.05) is 10.0 Å². The Bertz CT molecular complexity index is 1280. The number of nitrogens with zero attached hydrogens (tertiary/aromatic N) is 4. The Hall–Kier alpha value is -3.86. The van der Waals surface area contributed by atoms with Crippen LogP contribution in [0.5, 0.6) is 0 Å². The van der Waals surface area contributed by atoms with E-state index in [1.54, 1.807) is 41.5 Å². The summed E-state index contributed by atoms with van der Waals surface area (Å²) >= 11 is 0. The smallest absolute Gasteiger partial charge is 0.264 e. The molecule has 4 rings (SSSR count). The SMILES string of the molecule is O=S(=O)(Nc1ccc(Nc2cc(-n3ccnc3)ncn2)cc1)c1cc(F)ccc1F. The maximum absolute atomic E-state index is 13.8. The average molecular weight is 428 g/mol. The van der Waals surface area contributed by atoms with Crippen molar-refractivity contribution in [3.8, 4) is 5.82 Å². The molecule has 0 spiro atoms. The van der Waals surface area contributed by atoms with Gasteiger partial charge >= 0.3 is 0 Å². The second-order valence-corrected chi connectivity index (χ2v) is 7.76. The van der Waals surface area contributed by atoms with Crippen molar-refractivity contribution in [3.05, 3.63) is 85.2 Å². The Morgan fingerprint density at radius 2 is 1.70 bits per heavy atom. The molecule has 0 saturated carbocycles. The van der Waals surface area contributed by atoms with E-state index in [-0.39, 0.29) is 5.69 Å². The van der Waals surface area contributed by atoms with Crippen LogP contribution in [0.1, 0.15) is 0 Å². The van der Waals surface area contributed by atoms with Crippen LogP contribution in [0.3, 0.4) is 0 Å². The molecule has 30 heavy (non-hydrogen) atoms. The summed E-state index contributed by atoms with van der Waals surface area (Å²) in [6.45, 7) is 0. The summed E-state index contributed by atoms with van der Waals surface area (Å²) in [5.41, 5.74) is 0.816. The van der Waals surface area contributed by atoms with Gasteiger partial charge in [-0.05, 0) is 42.5 Å². The van der Waals surface area contributed by atoms with Crippen LogP contribution in [-0.2, 0) is 10.0 Å². The van der Waals surface area contributed by atoms with E-state index in [0.29, 0.717) is 23.4 Å². The Morgan fingerprint density at radius 1 is 0.933 bits per heavy atom. The Morgan fingerprint density at radius 3 is 2.43 bits per heavy atom. The van der Waals surface area contributed by atoms with Crippen molar-refractivity contribution in [1.82, 2.24) is 19.5 Å². The van der Waals surface area contributed by atoms with Crippen molar-refractivity contribution in [2.24, 2.45) is 0 Å². The topological polar surface area (TPSA) is 102 Å². The third kappa shape index (κ3) is 4.25. The van der Waals surface area contributed by atoms with E-state index in [0.717, 1.165) is 12.1 Å². The molecule has 152 valence electrons. The second-order valence-electron chi connectivity index (χ2n) is 6.11. The highest BCUT2D eigenvalue weighted by Crippen LogP contribution is 2.22. The van der Waals surface area contributed by atoms with Crippen molar-refractivity contribution < 1.29 is 17.2 Å². The molecule has 2 aromatic carbocycles. The van der Waals surface area contributed by atoms with E-state index in [1.807, 2.05) is 0 Å². The minimum Gasteiger partial charge on any atom is -0.340 e. The van der Waals surface area contributed by atoms with Crippen LogP contribution in [0.15, 0.2) is 78.5 Å². The summed E-state index contributed by atoms with van der Waals surface area (Å²) in [5, 5.41) is 3.07. The number of rotatable bonds is 6. The molecule has 0 aliphatic heterocycles. The highest BCUT2D eigenvalue weighted by molar-refractivity contribution is 7.92. The predicted octanol–water partition coefficient (Wildman–Crippen LogP) is 3.48. The van der Waals surface area contributed by atoms with Gasteiger partial charge in [0.15, 0.2) is 0 Å². The fourth-order valence-electron chi connectivity index (χ4n) is 2.61. The Balaban J connectivity index is 1.50. The minimum atomic E-state index is -4.28. The van der Waals surface area contributed by atoms with E-state index >= 15 is 0 Å². The summed E-state index contributed by atoms with van der Waals surface area (Å²) in [7, 11) is -4.28. The molecule has 0 aliphatic rings. The van der Waals surface area contributed by atoms with Gasteiger partial charge in [0.2, 0.25) is 0 Å². The summed E-state index contributed by atoms with van der Waals surface area (Å²) < 4.78 is 55.7. The molecule has 0 bridgehead atoms. The molecule has 4 aromatic rings. The molecule has 2 aromatic heterocycles. The fraction of sp³-hybridized carbons (Fsp3) is 0. The lowest BCUT2D eigenvalue weighted by Crippen LogP contribution is -2.14. The molecule has 0 unspecified atom stereocenters. The van der Waals surface area contributed by atoms with Gasteiger partial charge in [-0.15, -0.1) is 0 Å². The summed E-state index contributed by atoms with van der Waals surface area (Å²) in [4.78, 5) is 11.5. The van der Waals surface area contributed by atoms with Crippen molar-refractivity contribution in [3.63, 3.8) is 0 Å². The zero-order valence-corrected chi connectivity index (χ0v) is 16.0. The van der Waals surface area contributed by atoms with Gasteiger partial charge in [0.1, 0.15) is 40.8 Å². The molecular formula is C19H14F2N6O2S. The zero-order valence-electron chi connectivity index (χ0n) is 15.2. The molecule has 2 heterocycles. The highest BCUT2D eigenvalue weighted by atomic mass is 32.2. The zero-order chi connectivity index (χ0) is 21.1. The molecule has 0 fully saturated rings. The normalized spacial score (nSPS) is 11.3. The van der Waals surface area contributed by atoms with Crippen LogP contribution in [0.25, 0.3) is 5.82 Å². The third-order valence-electron chi connectivity index (χ3n) is 4.01. The quantitative estimate of drug-likeness (QED) is 0.488. The first-order valence-corrected chi connectivity index (χ1v) is 10.0. The molecule has 0 radical (unpaired) electrons. The first-order chi connectivity index (χ1) is 14.4. The molecular weight excluding hydrogens is 414 g/mol. The number of hydrogen-bond acceptors (Lipinski definition) is 6. The van der Waals surface area contributed by atoms with Crippen molar-refractivity contribution >= 4 is 27.2 Å². The fourth-order valence-corrected chi connectivity index (χ4v) is 3.76. The van der Waals surface area contributed by atoms with E-state index in [9.17, 15) is 17.2 Å². The lowest BCUT2D eigenvalue weighted by molar-refractivity contribution is 0.555. The maximum Gasteiger partial charge on any atom is 0.264 e. The molecule has 0 amide bonds. The lowest BCUT2D eigenvalue weighted by atomic mass is 10.3. The molecule has 8 nitrogen and oxygen atoms in total. The van der Waals surface area contributed by atoms with E-state index in [2.05, 4.69) is 25.0 Å². The van der Waals surface area contributed by atoms with Crippen LogP contribution in [-0.4, -0.2) is 27.9 Å². The molecule has 0 aliphatic carbocycles. The van der Waals surface area contributed by atoms with Gasteiger partial charge in [0.05, 0.1) is 0 Å². The van der Waals surface area contributed by atoms with Crippen LogP contribution >= 0.6 is 0 Å². The number of halogens is 2. The molecule has 0 saturated heterocycles. The van der Waals surface area contributed by atoms with Crippen molar-refractivity contribution in [2.45, 2.75) is 4.90 Å².